The number of rotatable bonds is 8. The Labute approximate surface area is 183 Å². The Morgan fingerprint density at radius 1 is 1.13 bits per heavy atom. The van der Waals surface area contributed by atoms with Crippen molar-refractivity contribution in [1.82, 2.24) is 4.90 Å². The number of nitrogens with zero attached hydrogens (tertiary/aromatic N) is 1. The topological polar surface area (TPSA) is 76.1 Å². The van der Waals surface area contributed by atoms with Crippen LogP contribution in [-0.4, -0.2) is 48.1 Å². The lowest BCUT2D eigenvalue weighted by atomic mass is 9.94. The molecule has 2 aromatic carbocycles. The first-order valence-electron chi connectivity index (χ1n) is 10.4. The standard InChI is InChI=1S/C25H29NO5/c1-16(2)31-14-8-13-26-22(18-9-6-5-7-10-18)21(24(28)25(26)29)23(27)19-15-17(3)11-12-20(19)30-4/h5-7,9-12,15-16,22,27H,8,13-14H2,1-4H3/b23-21+. The van der Waals surface area contributed by atoms with Gasteiger partial charge < -0.3 is 19.5 Å². The van der Waals surface area contributed by atoms with Crippen LogP contribution < -0.4 is 4.74 Å². The van der Waals surface area contributed by atoms with E-state index >= 15 is 0 Å². The van der Waals surface area contributed by atoms with E-state index in [1.807, 2.05) is 57.2 Å². The highest BCUT2D eigenvalue weighted by atomic mass is 16.5. The van der Waals surface area contributed by atoms with Crippen LogP contribution in [0.3, 0.4) is 0 Å². The van der Waals surface area contributed by atoms with Crippen LogP contribution in [0.4, 0.5) is 0 Å². The van der Waals surface area contributed by atoms with Gasteiger partial charge in [0.2, 0.25) is 0 Å². The van der Waals surface area contributed by atoms with E-state index in [0.717, 1.165) is 11.1 Å². The molecular formula is C25H29NO5. The van der Waals surface area contributed by atoms with Crippen molar-refractivity contribution < 1.29 is 24.2 Å². The molecular weight excluding hydrogens is 394 g/mol. The third kappa shape index (κ3) is 4.80. The Kier molecular flexibility index (Phi) is 7.13. The van der Waals surface area contributed by atoms with E-state index in [0.29, 0.717) is 30.9 Å². The minimum atomic E-state index is -0.695. The van der Waals surface area contributed by atoms with Crippen molar-refractivity contribution in [2.45, 2.75) is 39.3 Å². The Balaban J connectivity index is 2.07. The quantitative estimate of drug-likeness (QED) is 0.297. The molecule has 1 aliphatic heterocycles. The molecule has 1 amide bonds. The van der Waals surface area contributed by atoms with Gasteiger partial charge in [-0.25, -0.2) is 0 Å². The monoisotopic (exact) mass is 423 g/mol. The molecule has 1 heterocycles. The second kappa shape index (κ2) is 9.79. The predicted molar refractivity (Wildman–Crippen MR) is 119 cm³/mol. The minimum Gasteiger partial charge on any atom is -0.507 e. The van der Waals surface area contributed by atoms with Crippen molar-refractivity contribution in [1.29, 1.82) is 0 Å². The summed E-state index contributed by atoms with van der Waals surface area (Å²) in [7, 11) is 1.50. The van der Waals surface area contributed by atoms with E-state index in [1.165, 1.54) is 12.0 Å². The fourth-order valence-electron chi connectivity index (χ4n) is 3.80. The SMILES string of the molecule is COc1ccc(C)cc1/C(O)=C1\C(=O)C(=O)N(CCCOC(C)C)C1c1ccccc1. The maximum absolute atomic E-state index is 13.1. The molecule has 1 saturated heterocycles. The number of carbonyl (C=O) groups is 2. The number of aliphatic hydroxyl groups excluding tert-OH is 1. The molecule has 0 spiro atoms. The second-order valence-electron chi connectivity index (χ2n) is 7.88. The number of likely N-dealkylation sites (tertiary alicyclic amines) is 1. The van der Waals surface area contributed by atoms with Crippen LogP contribution in [-0.2, 0) is 14.3 Å². The average Bonchev–Trinajstić information content (AvgIpc) is 3.01. The minimum absolute atomic E-state index is 0.0740. The highest BCUT2D eigenvalue weighted by Crippen LogP contribution is 2.41. The molecule has 0 aromatic heterocycles. The van der Waals surface area contributed by atoms with E-state index < -0.39 is 17.7 Å². The lowest BCUT2D eigenvalue weighted by molar-refractivity contribution is -0.140. The molecule has 0 bridgehead atoms. The normalized spacial score (nSPS) is 18.1. The van der Waals surface area contributed by atoms with E-state index in [-0.39, 0.29) is 17.4 Å². The number of aryl methyl sites for hydroxylation is 1. The molecule has 164 valence electrons. The third-order valence-electron chi connectivity index (χ3n) is 5.26. The van der Waals surface area contributed by atoms with E-state index in [1.54, 1.807) is 12.1 Å². The molecule has 1 N–H and O–H groups in total. The fraction of sp³-hybridized carbons (Fsp3) is 0.360. The van der Waals surface area contributed by atoms with Crippen molar-refractivity contribution in [3.63, 3.8) is 0 Å². The zero-order chi connectivity index (χ0) is 22.5. The number of ether oxygens (including phenoxy) is 2. The van der Waals surface area contributed by atoms with Gasteiger partial charge in [-0.05, 0) is 44.9 Å². The number of Topliss-reactive ketones (excluding diaryl/α,β-unsaturated/α-hetero) is 1. The Bertz CT molecular complexity index is 981. The maximum atomic E-state index is 13.1. The number of benzene rings is 2. The number of aliphatic hydroxyl groups is 1. The number of amides is 1. The summed E-state index contributed by atoms with van der Waals surface area (Å²) in [5.74, 6) is -1.11. The Morgan fingerprint density at radius 3 is 2.48 bits per heavy atom. The van der Waals surface area contributed by atoms with Gasteiger partial charge in [0.15, 0.2) is 0 Å². The van der Waals surface area contributed by atoms with Gasteiger partial charge >= 0.3 is 0 Å². The Morgan fingerprint density at radius 2 is 1.84 bits per heavy atom. The predicted octanol–water partition coefficient (Wildman–Crippen LogP) is 4.24. The van der Waals surface area contributed by atoms with Crippen molar-refractivity contribution in [2.24, 2.45) is 0 Å². The van der Waals surface area contributed by atoms with E-state index in [4.69, 9.17) is 9.47 Å². The van der Waals surface area contributed by atoms with Crippen LogP contribution in [0, 0.1) is 6.92 Å². The first kappa shape index (κ1) is 22.6. The number of ketones is 1. The summed E-state index contributed by atoms with van der Waals surface area (Å²) < 4.78 is 11.0. The summed E-state index contributed by atoms with van der Waals surface area (Å²) in [6.45, 7) is 6.61. The highest BCUT2D eigenvalue weighted by molar-refractivity contribution is 6.46. The fourth-order valence-corrected chi connectivity index (χ4v) is 3.80. The number of hydrogen-bond acceptors (Lipinski definition) is 5. The van der Waals surface area contributed by atoms with Crippen LogP contribution in [0.2, 0.25) is 0 Å². The van der Waals surface area contributed by atoms with Gasteiger partial charge in [0.25, 0.3) is 11.7 Å². The first-order chi connectivity index (χ1) is 14.8. The molecule has 1 fully saturated rings. The summed E-state index contributed by atoms with van der Waals surface area (Å²) in [5, 5.41) is 11.2. The van der Waals surface area contributed by atoms with E-state index in [9.17, 15) is 14.7 Å². The van der Waals surface area contributed by atoms with Gasteiger partial charge in [-0.1, -0.05) is 42.0 Å². The van der Waals surface area contributed by atoms with Crippen molar-refractivity contribution >= 4 is 17.4 Å². The van der Waals surface area contributed by atoms with Gasteiger partial charge in [-0.15, -0.1) is 0 Å². The molecule has 0 radical (unpaired) electrons. The van der Waals surface area contributed by atoms with Crippen molar-refractivity contribution in [2.75, 3.05) is 20.3 Å². The van der Waals surface area contributed by atoms with Gasteiger partial charge in [0.1, 0.15) is 11.5 Å². The average molecular weight is 424 g/mol. The smallest absolute Gasteiger partial charge is 0.295 e. The number of carbonyl (C=O) groups excluding carboxylic acids is 2. The van der Waals surface area contributed by atoms with Crippen molar-refractivity contribution in [3.8, 4) is 5.75 Å². The van der Waals surface area contributed by atoms with Gasteiger partial charge in [0.05, 0.1) is 30.4 Å². The molecule has 6 nitrogen and oxygen atoms in total. The molecule has 6 heteroatoms. The molecule has 2 aromatic rings. The van der Waals surface area contributed by atoms with Crippen LogP contribution >= 0.6 is 0 Å². The molecule has 1 unspecified atom stereocenters. The zero-order valence-corrected chi connectivity index (χ0v) is 18.4. The highest BCUT2D eigenvalue weighted by Gasteiger charge is 2.46. The molecule has 31 heavy (non-hydrogen) atoms. The van der Waals surface area contributed by atoms with Gasteiger partial charge in [-0.2, -0.15) is 0 Å². The van der Waals surface area contributed by atoms with Crippen LogP contribution in [0.15, 0.2) is 54.1 Å². The molecule has 0 aliphatic carbocycles. The van der Waals surface area contributed by atoms with E-state index in [2.05, 4.69) is 0 Å². The van der Waals surface area contributed by atoms with Gasteiger partial charge in [0, 0.05) is 13.2 Å². The van der Waals surface area contributed by atoms with Crippen LogP contribution in [0.5, 0.6) is 5.75 Å². The van der Waals surface area contributed by atoms with Crippen LogP contribution in [0.25, 0.3) is 5.76 Å². The first-order valence-corrected chi connectivity index (χ1v) is 10.4. The molecule has 1 aliphatic rings. The van der Waals surface area contributed by atoms with Crippen molar-refractivity contribution in [3.05, 3.63) is 70.8 Å². The third-order valence-corrected chi connectivity index (χ3v) is 5.26. The summed E-state index contributed by atoms with van der Waals surface area (Å²) in [6.07, 6.45) is 0.677. The molecule has 0 saturated carbocycles. The maximum Gasteiger partial charge on any atom is 0.295 e. The summed E-state index contributed by atoms with van der Waals surface area (Å²) in [4.78, 5) is 27.5. The lowest BCUT2D eigenvalue weighted by Crippen LogP contribution is -2.31. The van der Waals surface area contributed by atoms with Gasteiger partial charge in [-0.3, -0.25) is 9.59 Å². The molecule has 1 atom stereocenters. The number of methoxy groups -OCH3 is 1. The zero-order valence-electron chi connectivity index (χ0n) is 18.4. The number of hydrogen-bond donors (Lipinski definition) is 1. The lowest BCUT2D eigenvalue weighted by Gasteiger charge is -2.25. The van der Waals surface area contributed by atoms with Crippen LogP contribution in [0.1, 0.15) is 43.0 Å². The summed E-state index contributed by atoms with van der Waals surface area (Å²) in [6, 6.07) is 14.0. The Hall–Kier alpha value is -3.12. The second-order valence-corrected chi connectivity index (χ2v) is 7.88. The summed E-state index contributed by atoms with van der Waals surface area (Å²) >= 11 is 0. The summed E-state index contributed by atoms with van der Waals surface area (Å²) in [5.41, 5.74) is 2.13. The largest absolute Gasteiger partial charge is 0.507 e. The molecule has 3 rings (SSSR count).